The van der Waals surface area contributed by atoms with Crippen LogP contribution in [0.3, 0.4) is 0 Å². The number of nitrogens with one attached hydrogen (secondary N) is 1. The highest BCUT2D eigenvalue weighted by Gasteiger charge is 2.32. The molecule has 18 heavy (non-hydrogen) atoms. The third-order valence-corrected chi connectivity index (χ3v) is 2.84. The molecule has 2 rings (SSSR count). The second kappa shape index (κ2) is 5.27. The quantitative estimate of drug-likeness (QED) is 0.909. The molecule has 5 nitrogen and oxygen atoms in total. The molecule has 1 unspecified atom stereocenters. The number of hydrogen-bond acceptors (Lipinski definition) is 3. The fourth-order valence-electron chi connectivity index (χ4n) is 1.72. The van der Waals surface area contributed by atoms with Crippen LogP contribution in [0.1, 0.15) is 6.92 Å². The van der Waals surface area contributed by atoms with Crippen LogP contribution in [0.25, 0.3) is 0 Å². The largest absolute Gasteiger partial charge is 0.442 e. The van der Waals surface area contributed by atoms with Gasteiger partial charge in [0.05, 0.1) is 13.1 Å². The Morgan fingerprint density at radius 2 is 2.17 bits per heavy atom. The lowest BCUT2D eigenvalue weighted by atomic mass is 10.2. The van der Waals surface area contributed by atoms with Gasteiger partial charge in [-0.15, -0.1) is 0 Å². The van der Waals surface area contributed by atoms with Crippen LogP contribution < -0.4 is 10.2 Å². The number of carbonyl (C=O) groups is 2. The molecule has 0 aromatic heterocycles. The Hall–Kier alpha value is -1.75. The summed E-state index contributed by atoms with van der Waals surface area (Å²) in [5, 5.41) is 3.24. The molecule has 0 saturated carbocycles. The lowest BCUT2D eigenvalue weighted by molar-refractivity contribution is -0.119. The molecule has 1 N–H and O–H groups in total. The van der Waals surface area contributed by atoms with E-state index < -0.39 is 6.09 Å². The first-order valence-corrected chi connectivity index (χ1v) is 5.92. The van der Waals surface area contributed by atoms with Crippen LogP contribution in [0.15, 0.2) is 24.3 Å². The van der Waals surface area contributed by atoms with Crippen LogP contribution in [-0.4, -0.2) is 31.2 Å². The normalized spacial score (nSPS) is 18.7. The molecule has 6 heteroatoms. The highest BCUT2D eigenvalue weighted by Crippen LogP contribution is 2.23. The Morgan fingerprint density at radius 3 is 2.78 bits per heavy atom. The smallest absolute Gasteiger partial charge is 0.414 e. The zero-order chi connectivity index (χ0) is 13.1. The number of ether oxygens (including phenoxy) is 1. The van der Waals surface area contributed by atoms with Gasteiger partial charge in [0.1, 0.15) is 6.10 Å². The average molecular weight is 269 g/mol. The number of anilines is 1. The second-order valence-corrected chi connectivity index (χ2v) is 4.47. The van der Waals surface area contributed by atoms with Crippen molar-refractivity contribution in [2.24, 2.45) is 0 Å². The molecule has 1 aliphatic rings. The molecule has 0 bridgehead atoms. The van der Waals surface area contributed by atoms with E-state index in [0.717, 1.165) is 5.69 Å². The third-order valence-electron chi connectivity index (χ3n) is 2.59. The summed E-state index contributed by atoms with van der Waals surface area (Å²) in [5.74, 6) is -0.143. The average Bonchev–Trinajstić information content (AvgIpc) is 2.69. The predicted molar refractivity (Wildman–Crippen MR) is 67.8 cm³/mol. The highest BCUT2D eigenvalue weighted by atomic mass is 35.5. The van der Waals surface area contributed by atoms with Crippen molar-refractivity contribution >= 4 is 29.3 Å². The van der Waals surface area contributed by atoms with Crippen molar-refractivity contribution in [2.75, 3.05) is 18.0 Å². The van der Waals surface area contributed by atoms with E-state index in [2.05, 4.69) is 5.32 Å². The molecular weight excluding hydrogens is 256 g/mol. The minimum atomic E-state index is -0.410. The Balaban J connectivity index is 2.00. The lowest BCUT2D eigenvalue weighted by Crippen LogP contribution is -2.33. The number of nitrogens with zero attached hydrogens (tertiary/aromatic N) is 1. The van der Waals surface area contributed by atoms with Crippen molar-refractivity contribution in [3.8, 4) is 0 Å². The van der Waals surface area contributed by atoms with Gasteiger partial charge in [0.15, 0.2) is 0 Å². The van der Waals surface area contributed by atoms with Crippen molar-refractivity contribution in [2.45, 2.75) is 13.0 Å². The Morgan fingerprint density at radius 1 is 1.50 bits per heavy atom. The summed E-state index contributed by atoms with van der Waals surface area (Å²) in [5.41, 5.74) is 0.731. The van der Waals surface area contributed by atoms with Crippen LogP contribution >= 0.6 is 11.6 Å². The molecular formula is C12H13ClN2O3. The molecule has 1 atom stereocenters. The van der Waals surface area contributed by atoms with E-state index >= 15 is 0 Å². The molecule has 1 fully saturated rings. The molecule has 0 aliphatic carbocycles. The molecule has 1 aromatic carbocycles. The first-order valence-electron chi connectivity index (χ1n) is 5.54. The van der Waals surface area contributed by atoms with E-state index in [1.54, 1.807) is 24.3 Å². The summed E-state index contributed by atoms with van der Waals surface area (Å²) in [4.78, 5) is 24.0. The first-order chi connectivity index (χ1) is 8.56. The first kappa shape index (κ1) is 12.7. The number of halogens is 1. The van der Waals surface area contributed by atoms with Gasteiger partial charge >= 0.3 is 6.09 Å². The van der Waals surface area contributed by atoms with Crippen LogP contribution in [0.2, 0.25) is 5.02 Å². The lowest BCUT2D eigenvalue weighted by Gasteiger charge is -2.12. The molecule has 1 aliphatic heterocycles. The summed E-state index contributed by atoms with van der Waals surface area (Å²) in [6.07, 6.45) is -0.732. The molecule has 1 heterocycles. The Bertz CT molecular complexity index is 461. The van der Waals surface area contributed by atoms with Gasteiger partial charge in [0, 0.05) is 17.6 Å². The zero-order valence-corrected chi connectivity index (χ0v) is 10.6. The summed E-state index contributed by atoms with van der Waals surface area (Å²) < 4.78 is 5.15. The van der Waals surface area contributed by atoms with Gasteiger partial charge < -0.3 is 10.1 Å². The van der Waals surface area contributed by atoms with E-state index in [0.29, 0.717) is 18.1 Å². The number of rotatable bonds is 3. The highest BCUT2D eigenvalue weighted by molar-refractivity contribution is 6.30. The van der Waals surface area contributed by atoms with Gasteiger partial charge in [-0.1, -0.05) is 11.6 Å². The minimum Gasteiger partial charge on any atom is -0.442 e. The minimum absolute atomic E-state index is 0.143. The van der Waals surface area contributed by atoms with Crippen molar-refractivity contribution in [1.82, 2.24) is 5.32 Å². The molecule has 0 radical (unpaired) electrons. The van der Waals surface area contributed by atoms with E-state index in [1.807, 2.05) is 0 Å². The fourth-order valence-corrected chi connectivity index (χ4v) is 1.84. The van der Waals surface area contributed by atoms with E-state index in [4.69, 9.17) is 16.3 Å². The van der Waals surface area contributed by atoms with Crippen LogP contribution in [0.5, 0.6) is 0 Å². The third kappa shape index (κ3) is 2.92. The van der Waals surface area contributed by atoms with Gasteiger partial charge in [0.25, 0.3) is 0 Å². The SMILES string of the molecule is CC(=O)NCC1CN(c2ccc(Cl)cc2)C(=O)O1. The van der Waals surface area contributed by atoms with Gasteiger partial charge in [-0.05, 0) is 24.3 Å². The van der Waals surface area contributed by atoms with Crippen LogP contribution in [0, 0.1) is 0 Å². The van der Waals surface area contributed by atoms with Crippen molar-refractivity contribution in [3.63, 3.8) is 0 Å². The standard InChI is InChI=1S/C12H13ClN2O3/c1-8(16)14-6-11-7-15(12(17)18-11)10-4-2-9(13)3-5-10/h2-5,11H,6-7H2,1H3,(H,14,16). The molecule has 0 spiro atoms. The maximum atomic E-state index is 11.7. The van der Waals surface area contributed by atoms with Gasteiger partial charge in [-0.3, -0.25) is 9.69 Å². The predicted octanol–water partition coefficient (Wildman–Crippen LogP) is 1.80. The van der Waals surface area contributed by atoms with Crippen molar-refractivity contribution in [1.29, 1.82) is 0 Å². The molecule has 1 saturated heterocycles. The Labute approximate surface area is 110 Å². The maximum Gasteiger partial charge on any atom is 0.414 e. The summed E-state index contributed by atoms with van der Waals surface area (Å²) in [6, 6.07) is 6.94. The summed E-state index contributed by atoms with van der Waals surface area (Å²) in [6.45, 7) is 2.17. The summed E-state index contributed by atoms with van der Waals surface area (Å²) in [7, 11) is 0. The second-order valence-electron chi connectivity index (χ2n) is 4.03. The number of hydrogen-bond donors (Lipinski definition) is 1. The van der Waals surface area contributed by atoms with E-state index in [-0.39, 0.29) is 12.0 Å². The van der Waals surface area contributed by atoms with Crippen LogP contribution in [-0.2, 0) is 9.53 Å². The van der Waals surface area contributed by atoms with Gasteiger partial charge in [0.2, 0.25) is 5.91 Å². The number of benzene rings is 1. The van der Waals surface area contributed by atoms with Gasteiger partial charge in [-0.25, -0.2) is 4.79 Å². The van der Waals surface area contributed by atoms with Crippen molar-refractivity contribution < 1.29 is 14.3 Å². The van der Waals surface area contributed by atoms with E-state index in [9.17, 15) is 9.59 Å². The molecule has 96 valence electrons. The Kier molecular flexibility index (Phi) is 3.72. The monoisotopic (exact) mass is 268 g/mol. The summed E-state index contributed by atoms with van der Waals surface area (Å²) >= 11 is 5.79. The van der Waals surface area contributed by atoms with E-state index in [1.165, 1.54) is 11.8 Å². The number of amides is 2. The number of carbonyl (C=O) groups excluding carboxylic acids is 2. The maximum absolute atomic E-state index is 11.7. The topological polar surface area (TPSA) is 58.6 Å². The van der Waals surface area contributed by atoms with Crippen molar-refractivity contribution in [3.05, 3.63) is 29.3 Å². The number of cyclic esters (lactones) is 1. The molecule has 2 amide bonds. The van der Waals surface area contributed by atoms with Crippen LogP contribution in [0.4, 0.5) is 10.5 Å². The zero-order valence-electron chi connectivity index (χ0n) is 9.85. The van der Waals surface area contributed by atoms with Gasteiger partial charge in [-0.2, -0.15) is 0 Å². The molecule has 1 aromatic rings. The fraction of sp³-hybridized carbons (Fsp3) is 0.333.